The fraction of sp³-hybridized carbons (Fsp3) is 0.552. The summed E-state index contributed by atoms with van der Waals surface area (Å²) in [6.45, 7) is 4.61. The van der Waals surface area contributed by atoms with Crippen molar-refractivity contribution in [3.8, 4) is 0 Å². The molecule has 0 aromatic rings. The van der Waals surface area contributed by atoms with E-state index in [1.807, 2.05) is 21.1 Å². The third kappa shape index (κ3) is 84.2. The second kappa shape index (κ2) is 82.7. The summed E-state index contributed by atoms with van der Waals surface area (Å²) in [4.78, 5) is 37.8. The summed E-state index contributed by atoms with van der Waals surface area (Å²) in [5.74, 6) is -2.04. The molecule has 0 heterocycles. The molecule has 2 atom stereocenters. The summed E-state index contributed by atoms with van der Waals surface area (Å²) >= 11 is 0. The molecule has 2 unspecified atom stereocenters. The summed E-state index contributed by atoms with van der Waals surface area (Å²) < 4.78 is 23.0. The van der Waals surface area contributed by atoms with Gasteiger partial charge in [0.05, 0.1) is 34.4 Å². The van der Waals surface area contributed by atoms with Crippen LogP contribution in [-0.2, 0) is 33.3 Å². The fourth-order valence-corrected chi connectivity index (χ4v) is 10.4. The Morgan fingerprint density at radius 1 is 0.286 bits per heavy atom. The van der Waals surface area contributed by atoms with Crippen LogP contribution in [0.1, 0.15) is 284 Å². The van der Waals surface area contributed by atoms with Crippen molar-refractivity contribution in [1.29, 1.82) is 0 Å². The van der Waals surface area contributed by atoms with Gasteiger partial charge in [0.2, 0.25) is 0 Å². The highest BCUT2D eigenvalue weighted by molar-refractivity contribution is 5.71. The Labute approximate surface area is 643 Å². The second-order valence-corrected chi connectivity index (χ2v) is 27.6. The van der Waals surface area contributed by atoms with Crippen molar-refractivity contribution < 1.29 is 42.9 Å². The first-order valence-electron chi connectivity index (χ1n) is 41.2. The quantitative estimate of drug-likeness (QED) is 0.0211. The number of aliphatic carboxylic acids is 1. The number of quaternary nitrogens is 1. The number of esters is 2. The standard InChI is InChI=1S/C96H149NO8/c1-6-8-10-12-14-16-18-20-22-24-26-28-30-32-34-36-38-40-42-44-46-47-49-51-53-55-57-59-61-63-65-67-69-71-73-75-77-79-81-83-85-87-94(99)105-92(91-104-96(95(100)101)102-89-88-97(3,4)5)90-103-93(98)86-84-82-80-78-76-74-72-70-68-66-64-62-60-58-56-54-52-50-48-45-43-41-39-37-35-33-31-29-27-25-23-21-19-17-15-13-11-9-7-2/h8-11,14-17,20-23,26-29,32-35,38-41,44-46,48-49,51-52,54-55,57-58,60-61,63-64,66,92,96H,6-7,12-13,18-19,24-25,30-31,36-37,42-43,47,50,53,56,59,62,65,67-91H2,1-5H3/p+1/b10-8-,11-9-,16-14-,17-15-,22-20-,23-21-,28-26-,29-27-,34-32-,35-33-,40-38-,41-39-,46-44-,48-45-,51-49-,54-52-,57-55-,60-58-,63-61-,66-64-. The molecule has 0 aliphatic rings. The number of carbonyl (C=O) groups is 3. The summed E-state index contributed by atoms with van der Waals surface area (Å²) in [6, 6.07) is 0. The molecule has 0 aromatic carbocycles. The molecular formula is C96H150NO8+. The minimum atomic E-state index is -1.53. The van der Waals surface area contributed by atoms with Crippen molar-refractivity contribution in [2.45, 2.75) is 296 Å². The van der Waals surface area contributed by atoms with Crippen molar-refractivity contribution in [2.24, 2.45) is 0 Å². The summed E-state index contributed by atoms with van der Waals surface area (Å²) in [5, 5.41) is 9.78. The SMILES string of the molecule is CC/C=C\C/C=C\C/C=C\C/C=C\C/C=C\C/C=C\C/C=C\C/C=C\C/C=C\C/C=C\CCCCCCCCCCCCC(=O)OC(COC(=O)CCCCCCCCCC/C=C\C/C=C\C/C=C\C/C=C\C/C=C\C/C=C\C/C=C\C/C=C\C/C=C\C/C=C\CC)COC(OCC[N+](C)(C)C)C(=O)O. The fourth-order valence-electron chi connectivity index (χ4n) is 10.4. The Balaban J connectivity index is 4.17. The number of allylic oxidation sites excluding steroid dienone is 40. The van der Waals surface area contributed by atoms with Gasteiger partial charge in [0.15, 0.2) is 6.10 Å². The molecule has 0 aliphatic carbocycles. The van der Waals surface area contributed by atoms with E-state index in [4.69, 9.17) is 18.9 Å². The lowest BCUT2D eigenvalue weighted by molar-refractivity contribution is -0.870. The van der Waals surface area contributed by atoms with Crippen LogP contribution in [0.2, 0.25) is 0 Å². The number of likely N-dealkylation sites (N-methyl/N-ethyl adjacent to an activating group) is 1. The largest absolute Gasteiger partial charge is 0.477 e. The molecule has 0 aliphatic heterocycles. The molecule has 1 N–H and O–H groups in total. The minimum Gasteiger partial charge on any atom is -0.477 e. The third-order valence-corrected chi connectivity index (χ3v) is 16.6. The lowest BCUT2D eigenvalue weighted by atomic mass is 10.0. The number of carbonyl (C=O) groups excluding carboxylic acids is 2. The molecule has 586 valence electrons. The van der Waals surface area contributed by atoms with Gasteiger partial charge < -0.3 is 28.5 Å². The van der Waals surface area contributed by atoms with Crippen molar-refractivity contribution in [2.75, 3.05) is 47.5 Å². The van der Waals surface area contributed by atoms with Crippen LogP contribution in [0.25, 0.3) is 0 Å². The van der Waals surface area contributed by atoms with Gasteiger partial charge in [0, 0.05) is 12.8 Å². The van der Waals surface area contributed by atoms with Crippen LogP contribution in [0.3, 0.4) is 0 Å². The van der Waals surface area contributed by atoms with Crippen molar-refractivity contribution >= 4 is 17.9 Å². The number of nitrogens with zero attached hydrogens (tertiary/aromatic N) is 1. The highest BCUT2D eigenvalue weighted by Gasteiger charge is 2.25. The average molecular weight is 1450 g/mol. The molecule has 9 heteroatoms. The molecule has 0 amide bonds. The van der Waals surface area contributed by atoms with Crippen LogP contribution >= 0.6 is 0 Å². The highest BCUT2D eigenvalue weighted by atomic mass is 16.7. The molecule has 0 saturated carbocycles. The minimum absolute atomic E-state index is 0.173. The van der Waals surface area contributed by atoms with Gasteiger partial charge in [-0.3, -0.25) is 9.59 Å². The Morgan fingerprint density at radius 2 is 0.514 bits per heavy atom. The molecule has 0 spiro atoms. The predicted octanol–water partition coefficient (Wildman–Crippen LogP) is 27.1. The molecule has 0 rings (SSSR count). The van der Waals surface area contributed by atoms with Crippen LogP contribution in [0.5, 0.6) is 0 Å². The molecule has 0 saturated heterocycles. The lowest BCUT2D eigenvalue weighted by Crippen LogP contribution is -2.40. The Morgan fingerprint density at radius 3 is 0.762 bits per heavy atom. The number of carboxylic acid groups (broad SMARTS) is 1. The first-order chi connectivity index (χ1) is 51.6. The van der Waals surface area contributed by atoms with Gasteiger partial charge in [0.1, 0.15) is 13.2 Å². The normalized spacial score (nSPS) is 14.0. The zero-order chi connectivity index (χ0) is 76.0. The van der Waals surface area contributed by atoms with E-state index in [1.165, 1.54) is 64.2 Å². The number of hydrogen-bond acceptors (Lipinski definition) is 7. The summed E-state index contributed by atoms with van der Waals surface area (Å²) in [7, 11) is 5.96. The van der Waals surface area contributed by atoms with E-state index in [2.05, 4.69) is 257 Å². The first-order valence-corrected chi connectivity index (χ1v) is 41.2. The molecule has 0 fully saturated rings. The lowest BCUT2D eigenvalue weighted by Gasteiger charge is -2.25. The predicted molar refractivity (Wildman–Crippen MR) is 455 cm³/mol. The van der Waals surface area contributed by atoms with Crippen molar-refractivity contribution in [3.05, 3.63) is 243 Å². The molecule has 0 bridgehead atoms. The summed E-state index contributed by atoms with van der Waals surface area (Å²) in [5.41, 5.74) is 0. The van der Waals surface area contributed by atoms with Gasteiger partial charge in [-0.05, 0) is 167 Å². The van der Waals surface area contributed by atoms with Crippen LogP contribution in [0.4, 0.5) is 0 Å². The van der Waals surface area contributed by atoms with Gasteiger partial charge in [-0.2, -0.15) is 0 Å². The van der Waals surface area contributed by atoms with E-state index in [9.17, 15) is 19.5 Å². The second-order valence-electron chi connectivity index (χ2n) is 27.6. The Hall–Kier alpha value is -6.91. The number of unbranched alkanes of at least 4 members (excludes halogenated alkanes) is 18. The topological polar surface area (TPSA) is 108 Å². The van der Waals surface area contributed by atoms with E-state index in [-0.39, 0.29) is 38.6 Å². The smallest absolute Gasteiger partial charge is 0.361 e. The molecule has 105 heavy (non-hydrogen) atoms. The number of carboxylic acids is 1. The van der Waals surface area contributed by atoms with Crippen LogP contribution < -0.4 is 0 Å². The van der Waals surface area contributed by atoms with Crippen molar-refractivity contribution in [1.82, 2.24) is 0 Å². The van der Waals surface area contributed by atoms with Crippen LogP contribution in [0, 0.1) is 0 Å². The maximum absolute atomic E-state index is 13.0. The number of ether oxygens (including phenoxy) is 4. The third-order valence-electron chi connectivity index (χ3n) is 16.6. The van der Waals surface area contributed by atoms with Gasteiger partial charge in [0.25, 0.3) is 6.29 Å². The van der Waals surface area contributed by atoms with E-state index in [0.717, 1.165) is 186 Å². The first kappa shape index (κ1) is 98.1. The molecule has 0 aromatic heterocycles. The molecular weight excluding hydrogens is 1300 g/mol. The summed E-state index contributed by atoms with van der Waals surface area (Å²) in [6.07, 6.45) is 130. The number of hydrogen-bond donors (Lipinski definition) is 1. The monoisotopic (exact) mass is 1450 g/mol. The Kier molecular flexibility index (Phi) is 77.3. The van der Waals surface area contributed by atoms with Gasteiger partial charge in [-0.15, -0.1) is 0 Å². The van der Waals surface area contributed by atoms with E-state index < -0.39 is 24.3 Å². The number of rotatable bonds is 73. The van der Waals surface area contributed by atoms with Crippen LogP contribution in [0.15, 0.2) is 243 Å². The Bertz CT molecular complexity index is 2640. The average Bonchev–Trinajstić information content (AvgIpc) is 1.18. The van der Waals surface area contributed by atoms with Crippen LogP contribution in [-0.4, -0.2) is 87.4 Å². The molecule has 9 nitrogen and oxygen atoms in total. The highest BCUT2D eigenvalue weighted by Crippen LogP contribution is 2.16. The van der Waals surface area contributed by atoms with E-state index >= 15 is 0 Å². The van der Waals surface area contributed by atoms with E-state index in [0.29, 0.717) is 17.4 Å². The van der Waals surface area contributed by atoms with Crippen molar-refractivity contribution in [3.63, 3.8) is 0 Å². The van der Waals surface area contributed by atoms with Gasteiger partial charge >= 0.3 is 17.9 Å². The maximum Gasteiger partial charge on any atom is 0.361 e. The van der Waals surface area contributed by atoms with Gasteiger partial charge in [-0.25, -0.2) is 4.79 Å². The van der Waals surface area contributed by atoms with Gasteiger partial charge in [-0.1, -0.05) is 347 Å². The maximum atomic E-state index is 13.0. The zero-order valence-corrected chi connectivity index (χ0v) is 67.0. The molecule has 0 radical (unpaired) electrons. The zero-order valence-electron chi connectivity index (χ0n) is 67.0. The van der Waals surface area contributed by atoms with E-state index in [1.54, 1.807) is 0 Å².